The van der Waals surface area contributed by atoms with Crippen molar-refractivity contribution in [3.8, 4) is 0 Å². The maximum Gasteiger partial charge on any atom is 0.155 e. The van der Waals surface area contributed by atoms with Gasteiger partial charge >= 0.3 is 0 Å². The Labute approximate surface area is 62.2 Å². The fourth-order valence-corrected chi connectivity index (χ4v) is 0.945. The second-order valence-corrected chi connectivity index (χ2v) is 2.25. The van der Waals surface area contributed by atoms with E-state index in [0.29, 0.717) is 11.2 Å². The van der Waals surface area contributed by atoms with Crippen LogP contribution in [0.3, 0.4) is 0 Å². The van der Waals surface area contributed by atoms with Gasteiger partial charge in [-0.3, -0.25) is 5.41 Å². The first-order valence-corrected chi connectivity index (χ1v) is 3.12. The van der Waals surface area contributed by atoms with Crippen molar-refractivity contribution in [1.82, 2.24) is 19.5 Å². The van der Waals surface area contributed by atoms with Crippen LogP contribution in [0.15, 0.2) is 12.7 Å². The molecule has 0 fully saturated rings. The Morgan fingerprint density at radius 2 is 2.36 bits per heavy atom. The van der Waals surface area contributed by atoms with Crippen LogP contribution in [-0.4, -0.2) is 14.5 Å². The van der Waals surface area contributed by atoms with Crippen LogP contribution in [0, 0.1) is 5.41 Å². The molecular weight excluding hydrogens is 142 g/mol. The van der Waals surface area contributed by atoms with Crippen LogP contribution < -0.4 is 10.5 Å². The van der Waals surface area contributed by atoms with Crippen LogP contribution in [0.1, 0.15) is 0 Å². The zero-order valence-corrected chi connectivity index (χ0v) is 5.94. The van der Waals surface area contributed by atoms with Crippen molar-refractivity contribution >= 4 is 11.2 Å². The molecule has 0 aliphatic heterocycles. The number of aromatic nitrogens is 4. The number of nitrogens with one attached hydrogen (secondary N) is 1. The average Bonchev–Trinajstić information content (AvgIpc) is 2.45. The summed E-state index contributed by atoms with van der Waals surface area (Å²) in [6, 6.07) is 0. The minimum absolute atomic E-state index is 0.176. The van der Waals surface area contributed by atoms with Gasteiger partial charge < -0.3 is 14.5 Å². The Morgan fingerprint density at radius 3 is 3.09 bits per heavy atom. The molecule has 0 radical (unpaired) electrons. The molecule has 0 unspecified atom stereocenters. The lowest BCUT2D eigenvalue weighted by Gasteiger charge is -2.03. The summed E-state index contributed by atoms with van der Waals surface area (Å²) in [5, 5.41) is 7.35. The minimum Gasteiger partial charge on any atom is -0.393 e. The molecule has 2 rings (SSSR count). The fraction of sp³-hybridized carbons (Fsp3) is 0.167. The molecule has 2 heterocycles. The molecule has 56 valence electrons. The monoisotopic (exact) mass is 148 g/mol. The highest BCUT2D eigenvalue weighted by Gasteiger charge is 1.91. The van der Waals surface area contributed by atoms with E-state index in [1.807, 2.05) is 7.05 Å². The molecule has 0 atom stereocenters. The maximum absolute atomic E-state index is 7.35. The summed E-state index contributed by atoms with van der Waals surface area (Å²) in [6.07, 6.45) is 2.99. The quantitative estimate of drug-likeness (QED) is 0.542. The zero-order chi connectivity index (χ0) is 7.84. The number of nitrogens with zero attached hydrogens (tertiary/aromatic N) is 4. The smallest absolute Gasteiger partial charge is 0.155 e. The summed E-state index contributed by atoms with van der Waals surface area (Å²) in [5.41, 5.74) is 1.43. The fourth-order valence-electron chi connectivity index (χ4n) is 0.945. The Balaban J connectivity index is 3.08. The van der Waals surface area contributed by atoms with Gasteiger partial charge in [-0.05, 0) is 13.4 Å². The SMILES string of the molecule is Cn1cnc(=N)c2nc[n-]c21. The molecule has 11 heavy (non-hydrogen) atoms. The minimum atomic E-state index is 0.176. The summed E-state index contributed by atoms with van der Waals surface area (Å²) in [6.45, 7) is 0. The van der Waals surface area contributed by atoms with E-state index in [1.54, 1.807) is 10.9 Å². The number of hydrogen-bond donors (Lipinski definition) is 1. The number of fused-ring (bicyclic) bond motifs is 1. The van der Waals surface area contributed by atoms with Crippen molar-refractivity contribution in [2.75, 3.05) is 0 Å². The van der Waals surface area contributed by atoms with Crippen LogP contribution in [0.2, 0.25) is 0 Å². The molecule has 1 N–H and O–H groups in total. The van der Waals surface area contributed by atoms with Gasteiger partial charge in [-0.15, -0.1) is 0 Å². The summed E-state index contributed by atoms with van der Waals surface area (Å²) >= 11 is 0. The molecule has 2 aromatic heterocycles. The Morgan fingerprint density at radius 1 is 1.55 bits per heavy atom. The second kappa shape index (κ2) is 1.91. The number of rotatable bonds is 0. The molecule has 5 heteroatoms. The predicted octanol–water partition coefficient (Wildman–Crippen LogP) is -0.595. The van der Waals surface area contributed by atoms with Crippen molar-refractivity contribution in [1.29, 1.82) is 5.41 Å². The van der Waals surface area contributed by atoms with Crippen molar-refractivity contribution < 1.29 is 0 Å². The third kappa shape index (κ3) is 0.739. The first-order valence-electron chi connectivity index (χ1n) is 3.12. The average molecular weight is 148 g/mol. The van der Waals surface area contributed by atoms with E-state index in [2.05, 4.69) is 15.0 Å². The van der Waals surface area contributed by atoms with Gasteiger partial charge in [-0.2, -0.15) is 0 Å². The van der Waals surface area contributed by atoms with Crippen LogP contribution in [0.4, 0.5) is 0 Å². The molecule has 0 amide bonds. The lowest BCUT2D eigenvalue weighted by atomic mass is 10.5. The third-order valence-corrected chi connectivity index (χ3v) is 1.50. The van der Waals surface area contributed by atoms with E-state index < -0.39 is 0 Å². The Hall–Kier alpha value is -1.65. The number of hydrogen-bond acceptors (Lipinski definition) is 3. The molecular formula is C6H6N5-. The van der Waals surface area contributed by atoms with Crippen molar-refractivity contribution in [2.24, 2.45) is 7.05 Å². The molecule has 5 nitrogen and oxygen atoms in total. The first-order chi connectivity index (χ1) is 5.29. The summed E-state index contributed by atoms with van der Waals surface area (Å²) < 4.78 is 1.74. The van der Waals surface area contributed by atoms with Crippen molar-refractivity contribution in [3.05, 3.63) is 18.1 Å². The highest BCUT2D eigenvalue weighted by molar-refractivity contribution is 5.67. The molecule has 0 saturated carbocycles. The van der Waals surface area contributed by atoms with Gasteiger partial charge in [0.15, 0.2) is 5.49 Å². The van der Waals surface area contributed by atoms with Gasteiger partial charge in [-0.1, -0.05) is 0 Å². The Bertz CT molecular complexity index is 437. The standard InChI is InChI=1S/C6H6N5/c1-11-3-10-5(7)4-6(11)9-2-8-4/h2-3,7H,1H3/q-1. The van der Waals surface area contributed by atoms with Crippen molar-refractivity contribution in [3.63, 3.8) is 0 Å². The highest BCUT2D eigenvalue weighted by Crippen LogP contribution is 1.97. The van der Waals surface area contributed by atoms with Crippen LogP contribution in [0.5, 0.6) is 0 Å². The molecule has 0 spiro atoms. The van der Waals surface area contributed by atoms with Gasteiger partial charge in [0.05, 0.1) is 0 Å². The van der Waals surface area contributed by atoms with E-state index in [0.717, 1.165) is 0 Å². The van der Waals surface area contributed by atoms with Crippen LogP contribution in [-0.2, 0) is 7.05 Å². The van der Waals surface area contributed by atoms with E-state index in [9.17, 15) is 0 Å². The third-order valence-electron chi connectivity index (χ3n) is 1.50. The lowest BCUT2D eigenvalue weighted by Crippen LogP contribution is -2.10. The predicted molar refractivity (Wildman–Crippen MR) is 37.7 cm³/mol. The number of imidazole rings is 1. The van der Waals surface area contributed by atoms with E-state index in [4.69, 9.17) is 5.41 Å². The second-order valence-electron chi connectivity index (χ2n) is 2.25. The molecule has 0 aliphatic carbocycles. The molecule has 0 aromatic carbocycles. The molecule has 0 saturated heterocycles. The molecule has 0 aliphatic rings. The van der Waals surface area contributed by atoms with Gasteiger partial charge in [0, 0.05) is 17.5 Å². The molecule has 0 bridgehead atoms. The zero-order valence-electron chi connectivity index (χ0n) is 5.94. The van der Waals surface area contributed by atoms with Gasteiger partial charge in [0.25, 0.3) is 0 Å². The van der Waals surface area contributed by atoms with Crippen LogP contribution in [0.25, 0.3) is 11.2 Å². The Kier molecular flexibility index (Phi) is 1.06. The van der Waals surface area contributed by atoms with E-state index >= 15 is 0 Å². The van der Waals surface area contributed by atoms with Crippen molar-refractivity contribution in [2.45, 2.75) is 0 Å². The summed E-state index contributed by atoms with van der Waals surface area (Å²) in [7, 11) is 1.82. The topological polar surface area (TPSA) is 68.7 Å². The lowest BCUT2D eigenvalue weighted by molar-refractivity contribution is 0.874. The summed E-state index contributed by atoms with van der Waals surface area (Å²) in [5.74, 6) is 0. The number of aryl methyl sites for hydroxylation is 1. The maximum atomic E-state index is 7.35. The molecule has 2 aromatic rings. The largest absolute Gasteiger partial charge is 0.393 e. The normalized spacial score (nSPS) is 10.6. The highest BCUT2D eigenvalue weighted by atomic mass is 15.1. The van der Waals surface area contributed by atoms with Gasteiger partial charge in [0.2, 0.25) is 0 Å². The van der Waals surface area contributed by atoms with E-state index in [1.165, 1.54) is 6.33 Å². The summed E-state index contributed by atoms with van der Waals surface area (Å²) in [4.78, 5) is 11.7. The van der Waals surface area contributed by atoms with Gasteiger partial charge in [0.1, 0.15) is 0 Å². The van der Waals surface area contributed by atoms with Gasteiger partial charge in [-0.25, -0.2) is 4.98 Å². The first kappa shape index (κ1) is 6.09. The van der Waals surface area contributed by atoms with E-state index in [-0.39, 0.29) is 5.49 Å². The van der Waals surface area contributed by atoms with Crippen LogP contribution >= 0.6 is 0 Å².